The van der Waals surface area contributed by atoms with Crippen LogP contribution >= 0.6 is 0 Å². The smallest absolute Gasteiger partial charge is 0.321 e. The number of carbonyl (C=O) groups excluding carboxylic acids is 1. The van der Waals surface area contributed by atoms with E-state index in [1.54, 1.807) is 30.3 Å². The van der Waals surface area contributed by atoms with Gasteiger partial charge in [0.2, 0.25) is 0 Å². The Kier molecular flexibility index (Phi) is 7.30. The van der Waals surface area contributed by atoms with Crippen molar-refractivity contribution in [3.63, 3.8) is 0 Å². The topological polar surface area (TPSA) is 117 Å². The highest BCUT2D eigenvalue weighted by molar-refractivity contribution is 6.03. The van der Waals surface area contributed by atoms with Crippen LogP contribution in [0.5, 0.6) is 0 Å². The van der Waals surface area contributed by atoms with Crippen molar-refractivity contribution in [3.05, 3.63) is 117 Å². The minimum absolute atomic E-state index is 0.0299. The van der Waals surface area contributed by atoms with Crippen LogP contribution in [0.1, 0.15) is 51.8 Å². The van der Waals surface area contributed by atoms with Crippen LogP contribution in [0.2, 0.25) is 0 Å². The summed E-state index contributed by atoms with van der Waals surface area (Å²) in [5.41, 5.74) is 0.637. The molecule has 12 heteroatoms. The number of nitrogens with one attached hydrogen (secondary N) is 1. The number of non-ortho nitro benzene ring substituents is 1. The fourth-order valence-electron chi connectivity index (χ4n) is 4.70. The fraction of sp³-hybridized carbons (Fsp3) is 0.207. The highest BCUT2D eigenvalue weighted by atomic mass is 19.4. The summed E-state index contributed by atoms with van der Waals surface area (Å²) in [6.07, 6.45) is -2.78. The second-order valence-corrected chi connectivity index (χ2v) is 9.71. The molecule has 1 aliphatic carbocycles. The van der Waals surface area contributed by atoms with Crippen LogP contribution in [0.15, 0.2) is 78.9 Å². The Morgan fingerprint density at radius 2 is 1.80 bits per heavy atom. The predicted octanol–water partition coefficient (Wildman–Crippen LogP) is 6.11. The highest BCUT2D eigenvalue weighted by Crippen LogP contribution is 2.38. The molecule has 0 radical (unpaired) electrons. The predicted molar refractivity (Wildman–Crippen MR) is 143 cm³/mol. The van der Waals surface area contributed by atoms with Gasteiger partial charge in [-0.1, -0.05) is 30.3 Å². The van der Waals surface area contributed by atoms with Crippen molar-refractivity contribution in [2.45, 2.75) is 31.1 Å². The number of benzene rings is 3. The van der Waals surface area contributed by atoms with Crippen LogP contribution in [0, 0.1) is 21.4 Å². The van der Waals surface area contributed by atoms with Crippen molar-refractivity contribution in [1.82, 2.24) is 14.7 Å². The molecule has 1 atom stereocenters. The Balaban J connectivity index is 1.48. The van der Waals surface area contributed by atoms with Gasteiger partial charge in [0.05, 0.1) is 28.3 Å². The van der Waals surface area contributed by atoms with E-state index in [0.29, 0.717) is 17.8 Å². The maximum atomic E-state index is 13.5. The number of rotatable bonds is 8. The maximum Gasteiger partial charge on any atom is 0.435 e. The molecule has 1 N–H and O–H groups in total. The van der Waals surface area contributed by atoms with Gasteiger partial charge in [-0.2, -0.15) is 23.5 Å². The largest absolute Gasteiger partial charge is 0.435 e. The third-order valence-corrected chi connectivity index (χ3v) is 6.86. The molecular formula is C29H23F3N6O3. The molecule has 1 saturated carbocycles. The summed E-state index contributed by atoms with van der Waals surface area (Å²) in [6, 6.07) is 21.6. The molecule has 0 saturated heterocycles. The lowest BCUT2D eigenvalue weighted by Crippen LogP contribution is -2.27. The monoisotopic (exact) mass is 560 g/mol. The Morgan fingerprint density at radius 3 is 2.44 bits per heavy atom. The first-order chi connectivity index (χ1) is 19.5. The number of amides is 1. The normalized spacial score (nSPS) is 14.0. The lowest BCUT2D eigenvalue weighted by molar-refractivity contribution is -0.384. The summed E-state index contributed by atoms with van der Waals surface area (Å²) >= 11 is 0. The summed E-state index contributed by atoms with van der Waals surface area (Å²) in [5.74, 6) is -0.824. The molecule has 1 unspecified atom stereocenters. The molecule has 0 aliphatic heterocycles. The lowest BCUT2D eigenvalue weighted by Gasteiger charge is -2.29. The maximum absolute atomic E-state index is 13.5. The molecule has 41 heavy (non-hydrogen) atoms. The zero-order valence-electron chi connectivity index (χ0n) is 21.7. The first-order valence-corrected chi connectivity index (χ1v) is 12.6. The van der Waals surface area contributed by atoms with E-state index in [-0.39, 0.29) is 28.7 Å². The minimum Gasteiger partial charge on any atom is -0.321 e. The first kappa shape index (κ1) is 27.5. The molecular weight excluding hydrogens is 537 g/mol. The van der Waals surface area contributed by atoms with E-state index in [0.717, 1.165) is 28.7 Å². The van der Waals surface area contributed by atoms with Crippen LogP contribution in [-0.2, 0) is 6.18 Å². The fourth-order valence-corrected chi connectivity index (χ4v) is 4.70. The van der Waals surface area contributed by atoms with Gasteiger partial charge < -0.3 is 5.32 Å². The van der Waals surface area contributed by atoms with Crippen molar-refractivity contribution in [2.24, 2.45) is 0 Å². The van der Waals surface area contributed by atoms with E-state index in [2.05, 4.69) is 15.3 Å². The summed E-state index contributed by atoms with van der Waals surface area (Å²) in [4.78, 5) is 26.2. The van der Waals surface area contributed by atoms with E-state index in [9.17, 15) is 33.3 Å². The van der Waals surface area contributed by atoms with E-state index in [1.165, 1.54) is 36.4 Å². The van der Waals surface area contributed by atoms with Crippen molar-refractivity contribution in [3.8, 4) is 11.8 Å². The molecule has 3 aromatic carbocycles. The van der Waals surface area contributed by atoms with Crippen LogP contribution in [0.4, 0.5) is 24.5 Å². The number of hydrogen-bond donors (Lipinski definition) is 1. The minimum atomic E-state index is -4.79. The number of hydrogen-bond acceptors (Lipinski definition) is 6. The Bertz CT molecular complexity index is 1660. The van der Waals surface area contributed by atoms with Crippen molar-refractivity contribution in [2.75, 3.05) is 12.4 Å². The van der Waals surface area contributed by atoms with Crippen LogP contribution in [-0.4, -0.2) is 38.6 Å². The molecule has 4 aromatic rings. The molecule has 1 aliphatic rings. The van der Waals surface area contributed by atoms with E-state index in [1.807, 2.05) is 19.2 Å². The summed E-state index contributed by atoms with van der Waals surface area (Å²) < 4.78 is 41.5. The number of nitro groups is 1. The van der Waals surface area contributed by atoms with Crippen LogP contribution in [0.25, 0.3) is 5.69 Å². The van der Waals surface area contributed by atoms with E-state index in [4.69, 9.17) is 0 Å². The van der Waals surface area contributed by atoms with E-state index >= 15 is 0 Å². The number of anilines is 1. The molecule has 1 amide bonds. The SMILES string of the molecule is CN(C1CC1)C(c1ccc([N+](=O)[O-])cc1)c1cccc(NC(=O)c2cc(C(F)(F)F)nn2-c2cccc(C#N)c2)c1. The third kappa shape index (κ3) is 5.95. The molecule has 1 heterocycles. The van der Waals surface area contributed by atoms with Gasteiger partial charge in [-0.25, -0.2) is 4.68 Å². The molecule has 5 rings (SSSR count). The van der Waals surface area contributed by atoms with Gasteiger partial charge in [-0.3, -0.25) is 19.8 Å². The number of halogens is 3. The van der Waals surface area contributed by atoms with Gasteiger partial charge in [0.25, 0.3) is 11.6 Å². The van der Waals surface area contributed by atoms with Gasteiger partial charge in [-0.05, 0) is 61.3 Å². The van der Waals surface area contributed by atoms with Gasteiger partial charge >= 0.3 is 6.18 Å². The number of nitro benzene ring substituents is 1. The number of carbonyl (C=O) groups is 1. The highest BCUT2D eigenvalue weighted by Gasteiger charge is 2.36. The summed E-state index contributed by atoms with van der Waals surface area (Å²) in [6.45, 7) is 0. The summed E-state index contributed by atoms with van der Waals surface area (Å²) in [7, 11) is 1.96. The standard InChI is InChI=1S/C29H23F3N6O3/c1-36(22-12-13-22)27(19-8-10-23(11-9-19)38(40)41)20-5-3-6-21(15-20)34-28(39)25-16-26(29(30,31)32)35-37(25)24-7-2-4-18(14-24)17-33/h2-11,14-16,22,27H,12-13H2,1H3,(H,34,39). The number of nitrogens with zero attached hydrogens (tertiary/aromatic N) is 5. The molecule has 208 valence electrons. The lowest BCUT2D eigenvalue weighted by atomic mass is 9.96. The Labute approximate surface area is 232 Å². The second kappa shape index (κ2) is 10.9. The molecule has 1 aromatic heterocycles. The van der Waals surface area contributed by atoms with E-state index < -0.39 is 22.7 Å². The van der Waals surface area contributed by atoms with Crippen LogP contribution < -0.4 is 5.32 Å². The van der Waals surface area contributed by atoms with Crippen LogP contribution in [0.3, 0.4) is 0 Å². The van der Waals surface area contributed by atoms with Crippen molar-refractivity contribution < 1.29 is 22.9 Å². The molecule has 1 fully saturated rings. The first-order valence-electron chi connectivity index (χ1n) is 12.6. The Morgan fingerprint density at radius 1 is 1.10 bits per heavy atom. The van der Waals surface area contributed by atoms with Crippen molar-refractivity contribution >= 4 is 17.3 Å². The molecule has 0 bridgehead atoms. The summed E-state index contributed by atoms with van der Waals surface area (Å²) in [5, 5.41) is 26.6. The van der Waals surface area contributed by atoms with Gasteiger partial charge in [0.1, 0.15) is 5.69 Å². The number of alkyl halides is 3. The van der Waals surface area contributed by atoms with Gasteiger partial charge in [0, 0.05) is 29.9 Å². The van der Waals surface area contributed by atoms with Gasteiger partial charge in [0.15, 0.2) is 5.69 Å². The third-order valence-electron chi connectivity index (χ3n) is 6.86. The Hall–Kier alpha value is -5.02. The van der Waals surface area contributed by atoms with Crippen molar-refractivity contribution in [1.29, 1.82) is 5.26 Å². The molecule has 0 spiro atoms. The van der Waals surface area contributed by atoms with Gasteiger partial charge in [-0.15, -0.1) is 0 Å². The average molecular weight is 561 g/mol. The zero-order chi connectivity index (χ0) is 29.3. The number of aromatic nitrogens is 2. The second-order valence-electron chi connectivity index (χ2n) is 9.71. The molecule has 9 nitrogen and oxygen atoms in total. The zero-order valence-corrected chi connectivity index (χ0v) is 21.7. The average Bonchev–Trinajstić information content (AvgIpc) is 3.70. The quantitative estimate of drug-likeness (QED) is 0.205. The number of nitriles is 1.